The fourth-order valence-electron chi connectivity index (χ4n) is 2.37. The number of aromatic nitrogens is 1. The molecule has 102 valence electrons. The smallest absolute Gasteiger partial charge is 0.0586 e. The lowest BCUT2D eigenvalue weighted by molar-refractivity contribution is 0.598. The van der Waals surface area contributed by atoms with Crippen LogP contribution < -0.4 is 5.32 Å². The monoisotopic (exact) mass is 274 g/mol. The molecule has 0 aliphatic heterocycles. The molecule has 0 fully saturated rings. The van der Waals surface area contributed by atoms with Crippen molar-refractivity contribution in [1.29, 1.82) is 0 Å². The first-order valence-electron chi connectivity index (χ1n) is 6.83. The number of hydrogen-bond acceptors (Lipinski definition) is 3. The Hall–Kier alpha value is -1.19. The zero-order chi connectivity index (χ0) is 13.8. The average molecular weight is 274 g/mol. The maximum atomic E-state index is 4.47. The molecular weight excluding hydrogens is 252 g/mol. The van der Waals surface area contributed by atoms with E-state index in [4.69, 9.17) is 0 Å². The highest BCUT2D eigenvalue weighted by molar-refractivity contribution is 7.10. The van der Waals surface area contributed by atoms with Gasteiger partial charge in [0, 0.05) is 16.3 Å². The van der Waals surface area contributed by atoms with Crippen LogP contribution in [0.5, 0.6) is 0 Å². The lowest BCUT2D eigenvalue weighted by Gasteiger charge is -2.19. The van der Waals surface area contributed by atoms with Crippen molar-refractivity contribution in [2.75, 3.05) is 6.54 Å². The van der Waals surface area contributed by atoms with Gasteiger partial charge in [0.25, 0.3) is 0 Å². The summed E-state index contributed by atoms with van der Waals surface area (Å²) in [5.41, 5.74) is 4.85. The summed E-state index contributed by atoms with van der Waals surface area (Å²) in [5, 5.41) is 5.91. The molecule has 0 radical (unpaired) electrons. The molecule has 0 spiro atoms. The topological polar surface area (TPSA) is 24.9 Å². The lowest BCUT2D eigenvalue weighted by Crippen LogP contribution is -2.23. The molecular formula is C16H22N2S. The molecule has 1 atom stereocenters. The van der Waals surface area contributed by atoms with Gasteiger partial charge in [-0.3, -0.25) is 4.98 Å². The van der Waals surface area contributed by atoms with Crippen molar-refractivity contribution < 1.29 is 0 Å². The van der Waals surface area contributed by atoms with Crippen LogP contribution in [0.1, 0.15) is 46.8 Å². The molecule has 0 aromatic carbocycles. The van der Waals surface area contributed by atoms with Gasteiger partial charge in [0.15, 0.2) is 0 Å². The van der Waals surface area contributed by atoms with Crippen LogP contribution in [0.25, 0.3) is 0 Å². The molecule has 19 heavy (non-hydrogen) atoms. The third kappa shape index (κ3) is 3.64. The van der Waals surface area contributed by atoms with Gasteiger partial charge in [-0.2, -0.15) is 0 Å². The number of hydrogen-bond donors (Lipinski definition) is 1. The number of nitrogens with zero attached hydrogens (tertiary/aromatic N) is 1. The third-order valence-corrected chi connectivity index (χ3v) is 4.00. The van der Waals surface area contributed by atoms with Gasteiger partial charge in [0.2, 0.25) is 0 Å². The molecule has 2 nitrogen and oxygen atoms in total. The summed E-state index contributed by atoms with van der Waals surface area (Å²) >= 11 is 1.81. The largest absolute Gasteiger partial charge is 0.306 e. The van der Waals surface area contributed by atoms with E-state index in [0.29, 0.717) is 0 Å². The Kier molecular flexibility index (Phi) is 4.72. The minimum Gasteiger partial charge on any atom is -0.306 e. The molecule has 0 aliphatic carbocycles. The van der Waals surface area contributed by atoms with Crippen LogP contribution in [-0.2, 0) is 0 Å². The third-order valence-electron chi connectivity index (χ3n) is 3.12. The second-order valence-corrected chi connectivity index (χ2v) is 6.18. The number of rotatable bonds is 5. The van der Waals surface area contributed by atoms with E-state index < -0.39 is 0 Å². The zero-order valence-corrected chi connectivity index (χ0v) is 13.0. The van der Waals surface area contributed by atoms with Crippen molar-refractivity contribution in [1.82, 2.24) is 10.3 Å². The van der Waals surface area contributed by atoms with E-state index in [9.17, 15) is 0 Å². The molecule has 0 saturated heterocycles. The normalized spacial score (nSPS) is 12.6. The van der Waals surface area contributed by atoms with Gasteiger partial charge in [-0.1, -0.05) is 6.92 Å². The minimum atomic E-state index is 0.283. The van der Waals surface area contributed by atoms with Crippen LogP contribution in [0, 0.1) is 20.8 Å². The quantitative estimate of drug-likeness (QED) is 0.885. The highest BCUT2D eigenvalue weighted by Gasteiger charge is 2.15. The Balaban J connectivity index is 2.36. The van der Waals surface area contributed by atoms with E-state index in [1.54, 1.807) is 0 Å². The Bertz CT molecular complexity index is 525. The van der Waals surface area contributed by atoms with E-state index in [0.717, 1.165) is 24.4 Å². The summed E-state index contributed by atoms with van der Waals surface area (Å²) in [6.07, 6.45) is 1.14. The van der Waals surface area contributed by atoms with Crippen molar-refractivity contribution in [2.45, 2.75) is 40.2 Å². The first-order chi connectivity index (χ1) is 9.10. The van der Waals surface area contributed by atoms with Gasteiger partial charge in [-0.05, 0) is 68.4 Å². The fraction of sp³-hybridized carbons (Fsp3) is 0.438. The molecule has 0 bridgehead atoms. The standard InChI is InChI=1S/C16H22N2S/c1-5-6-17-16(15-9-13(4)19-10-15)14-7-11(2)18-12(3)8-14/h7-10,16-17H,5-6H2,1-4H3. The fourth-order valence-corrected chi connectivity index (χ4v) is 3.10. The lowest BCUT2D eigenvalue weighted by atomic mass is 10.00. The van der Waals surface area contributed by atoms with E-state index in [2.05, 4.69) is 61.6 Å². The molecule has 0 amide bonds. The van der Waals surface area contributed by atoms with Crippen LogP contribution in [0.15, 0.2) is 23.6 Å². The van der Waals surface area contributed by atoms with Crippen molar-refractivity contribution in [3.05, 3.63) is 51.0 Å². The van der Waals surface area contributed by atoms with E-state index >= 15 is 0 Å². The first kappa shape index (κ1) is 14.2. The number of aryl methyl sites for hydroxylation is 3. The van der Waals surface area contributed by atoms with E-state index in [1.165, 1.54) is 16.0 Å². The Morgan fingerprint density at radius 3 is 2.32 bits per heavy atom. The predicted octanol–water partition coefficient (Wildman–Crippen LogP) is 4.16. The molecule has 0 aliphatic rings. The second-order valence-electron chi connectivity index (χ2n) is 5.06. The van der Waals surface area contributed by atoms with Gasteiger partial charge >= 0.3 is 0 Å². The van der Waals surface area contributed by atoms with Crippen LogP contribution in [0.4, 0.5) is 0 Å². The molecule has 0 saturated carbocycles. The van der Waals surface area contributed by atoms with Gasteiger partial charge in [0.05, 0.1) is 6.04 Å². The van der Waals surface area contributed by atoms with Crippen molar-refractivity contribution in [2.24, 2.45) is 0 Å². The Morgan fingerprint density at radius 2 is 1.79 bits per heavy atom. The van der Waals surface area contributed by atoms with Crippen LogP contribution >= 0.6 is 11.3 Å². The average Bonchev–Trinajstić information content (AvgIpc) is 2.75. The number of nitrogens with one attached hydrogen (secondary N) is 1. The van der Waals surface area contributed by atoms with Crippen molar-refractivity contribution >= 4 is 11.3 Å². The summed E-state index contributed by atoms with van der Waals surface area (Å²) in [4.78, 5) is 5.83. The molecule has 2 aromatic heterocycles. The molecule has 2 heterocycles. The van der Waals surface area contributed by atoms with Crippen molar-refractivity contribution in [3.63, 3.8) is 0 Å². The highest BCUT2D eigenvalue weighted by Crippen LogP contribution is 2.27. The van der Waals surface area contributed by atoms with Gasteiger partial charge in [-0.15, -0.1) is 11.3 Å². The maximum absolute atomic E-state index is 4.47. The molecule has 3 heteroatoms. The van der Waals surface area contributed by atoms with Gasteiger partial charge in [0.1, 0.15) is 0 Å². The Labute approximate surface area is 119 Å². The molecule has 1 unspecified atom stereocenters. The first-order valence-corrected chi connectivity index (χ1v) is 7.71. The summed E-state index contributed by atoms with van der Waals surface area (Å²) < 4.78 is 0. The molecule has 2 rings (SSSR count). The summed E-state index contributed by atoms with van der Waals surface area (Å²) in [6.45, 7) is 9.51. The van der Waals surface area contributed by atoms with Crippen LogP contribution in [0.3, 0.4) is 0 Å². The zero-order valence-electron chi connectivity index (χ0n) is 12.2. The SMILES string of the molecule is CCCNC(c1cc(C)nc(C)c1)c1csc(C)c1. The Morgan fingerprint density at radius 1 is 1.11 bits per heavy atom. The van der Waals surface area contributed by atoms with Gasteiger partial charge in [-0.25, -0.2) is 0 Å². The predicted molar refractivity (Wildman–Crippen MR) is 82.9 cm³/mol. The maximum Gasteiger partial charge on any atom is 0.0586 e. The van der Waals surface area contributed by atoms with Crippen molar-refractivity contribution in [3.8, 4) is 0 Å². The van der Waals surface area contributed by atoms with Crippen LogP contribution in [0.2, 0.25) is 0 Å². The van der Waals surface area contributed by atoms with E-state index in [1.807, 2.05) is 11.3 Å². The minimum absolute atomic E-state index is 0.283. The number of thiophene rings is 1. The van der Waals surface area contributed by atoms with Crippen LogP contribution in [-0.4, -0.2) is 11.5 Å². The van der Waals surface area contributed by atoms with E-state index in [-0.39, 0.29) is 6.04 Å². The molecule has 2 aromatic rings. The summed E-state index contributed by atoms with van der Waals surface area (Å²) in [6, 6.07) is 6.94. The highest BCUT2D eigenvalue weighted by atomic mass is 32.1. The molecule has 1 N–H and O–H groups in total. The van der Waals surface area contributed by atoms with Gasteiger partial charge < -0.3 is 5.32 Å². The second kappa shape index (κ2) is 6.31. The number of pyridine rings is 1. The summed E-state index contributed by atoms with van der Waals surface area (Å²) in [5.74, 6) is 0. The summed E-state index contributed by atoms with van der Waals surface area (Å²) in [7, 11) is 0.